The second-order valence-corrected chi connectivity index (χ2v) is 3.95. The summed E-state index contributed by atoms with van der Waals surface area (Å²) in [6, 6.07) is 6.75. The molecule has 1 N–H and O–H groups in total. The van der Waals surface area contributed by atoms with E-state index < -0.39 is 0 Å². The molecule has 15 heavy (non-hydrogen) atoms. The SMILES string of the molecule is CC1CCC(COc2ccc(O)cc2)O1. The first-order valence-electron chi connectivity index (χ1n) is 5.31. The molecule has 2 rings (SSSR count). The molecule has 0 saturated carbocycles. The Balaban J connectivity index is 1.80. The second kappa shape index (κ2) is 4.53. The van der Waals surface area contributed by atoms with Crippen LogP contribution >= 0.6 is 0 Å². The molecule has 3 nitrogen and oxygen atoms in total. The van der Waals surface area contributed by atoms with Crippen molar-refractivity contribution in [2.75, 3.05) is 6.61 Å². The van der Waals surface area contributed by atoms with E-state index in [9.17, 15) is 0 Å². The van der Waals surface area contributed by atoms with Crippen LogP contribution in [0, 0.1) is 0 Å². The van der Waals surface area contributed by atoms with Gasteiger partial charge in [-0.15, -0.1) is 0 Å². The van der Waals surface area contributed by atoms with Gasteiger partial charge < -0.3 is 14.6 Å². The molecular formula is C12H16O3. The second-order valence-electron chi connectivity index (χ2n) is 3.95. The average molecular weight is 208 g/mol. The maximum Gasteiger partial charge on any atom is 0.119 e. The minimum absolute atomic E-state index is 0.216. The maximum atomic E-state index is 9.09. The molecule has 0 aliphatic carbocycles. The summed E-state index contributed by atoms with van der Waals surface area (Å²) in [6.45, 7) is 2.68. The maximum absolute atomic E-state index is 9.09. The Morgan fingerprint density at radius 2 is 2.07 bits per heavy atom. The number of benzene rings is 1. The molecule has 1 aliphatic heterocycles. The predicted molar refractivity (Wildman–Crippen MR) is 57.2 cm³/mol. The summed E-state index contributed by atoms with van der Waals surface area (Å²) in [5.74, 6) is 1.03. The van der Waals surface area contributed by atoms with Gasteiger partial charge in [-0.2, -0.15) is 0 Å². The molecule has 0 spiro atoms. The van der Waals surface area contributed by atoms with Gasteiger partial charge in [0.15, 0.2) is 0 Å². The molecule has 0 amide bonds. The van der Waals surface area contributed by atoms with Crippen molar-refractivity contribution in [2.45, 2.75) is 32.0 Å². The van der Waals surface area contributed by atoms with Crippen LogP contribution in [0.25, 0.3) is 0 Å². The van der Waals surface area contributed by atoms with Gasteiger partial charge in [-0.05, 0) is 44.0 Å². The fraction of sp³-hybridized carbons (Fsp3) is 0.500. The fourth-order valence-electron chi connectivity index (χ4n) is 1.74. The van der Waals surface area contributed by atoms with Crippen LogP contribution in [0.4, 0.5) is 0 Å². The third-order valence-corrected chi connectivity index (χ3v) is 2.59. The summed E-state index contributed by atoms with van der Waals surface area (Å²) in [5, 5.41) is 9.09. The van der Waals surface area contributed by atoms with Gasteiger partial charge in [0, 0.05) is 0 Å². The highest BCUT2D eigenvalue weighted by atomic mass is 16.5. The third kappa shape index (κ3) is 2.86. The van der Waals surface area contributed by atoms with Crippen LogP contribution in [0.2, 0.25) is 0 Å². The summed E-state index contributed by atoms with van der Waals surface area (Å²) in [7, 11) is 0. The molecule has 82 valence electrons. The van der Waals surface area contributed by atoms with E-state index in [-0.39, 0.29) is 11.9 Å². The topological polar surface area (TPSA) is 38.7 Å². The molecule has 2 unspecified atom stereocenters. The first kappa shape index (κ1) is 10.3. The van der Waals surface area contributed by atoms with Crippen LogP contribution < -0.4 is 4.74 Å². The minimum Gasteiger partial charge on any atom is -0.508 e. The average Bonchev–Trinajstić information content (AvgIpc) is 2.64. The van der Waals surface area contributed by atoms with Gasteiger partial charge in [0.25, 0.3) is 0 Å². The highest BCUT2D eigenvalue weighted by Crippen LogP contribution is 2.21. The number of hydrogen-bond acceptors (Lipinski definition) is 3. The lowest BCUT2D eigenvalue weighted by Crippen LogP contribution is -2.17. The zero-order valence-electron chi connectivity index (χ0n) is 8.85. The van der Waals surface area contributed by atoms with E-state index in [4.69, 9.17) is 14.6 Å². The van der Waals surface area contributed by atoms with Crippen molar-refractivity contribution in [3.63, 3.8) is 0 Å². The van der Waals surface area contributed by atoms with Crippen LogP contribution in [0.5, 0.6) is 11.5 Å². The van der Waals surface area contributed by atoms with Crippen LogP contribution in [-0.2, 0) is 4.74 Å². The van der Waals surface area contributed by atoms with Gasteiger partial charge in [-0.3, -0.25) is 0 Å². The van der Waals surface area contributed by atoms with Gasteiger partial charge >= 0.3 is 0 Å². The van der Waals surface area contributed by atoms with E-state index in [1.165, 1.54) is 0 Å². The van der Waals surface area contributed by atoms with Crippen LogP contribution in [0.1, 0.15) is 19.8 Å². The molecule has 2 atom stereocenters. The van der Waals surface area contributed by atoms with E-state index in [0.29, 0.717) is 12.7 Å². The molecule has 3 heteroatoms. The van der Waals surface area contributed by atoms with E-state index >= 15 is 0 Å². The quantitative estimate of drug-likeness (QED) is 0.828. The number of rotatable bonds is 3. The Labute approximate surface area is 89.6 Å². The zero-order chi connectivity index (χ0) is 10.7. The van der Waals surface area contributed by atoms with Gasteiger partial charge in [-0.1, -0.05) is 0 Å². The first-order chi connectivity index (χ1) is 7.24. The molecule has 1 fully saturated rings. The largest absolute Gasteiger partial charge is 0.508 e. The molecule has 0 radical (unpaired) electrons. The standard InChI is InChI=1S/C12H16O3/c1-9-2-5-12(15-9)8-14-11-6-3-10(13)4-7-11/h3-4,6-7,9,12-13H,2,5,8H2,1H3. The summed E-state index contributed by atoms with van der Waals surface area (Å²) < 4.78 is 11.2. The minimum atomic E-state index is 0.216. The van der Waals surface area contributed by atoms with Crippen LogP contribution in [0.3, 0.4) is 0 Å². The fourth-order valence-corrected chi connectivity index (χ4v) is 1.74. The lowest BCUT2D eigenvalue weighted by Gasteiger charge is -2.12. The normalized spacial score (nSPS) is 25.4. The van der Waals surface area contributed by atoms with Crippen LogP contribution in [0.15, 0.2) is 24.3 Å². The monoisotopic (exact) mass is 208 g/mol. The number of phenolic OH excluding ortho intramolecular Hbond substituents is 1. The summed E-state index contributed by atoms with van der Waals surface area (Å²) in [4.78, 5) is 0. The van der Waals surface area contributed by atoms with E-state index in [1.807, 2.05) is 0 Å². The van der Waals surface area contributed by atoms with Crippen molar-refractivity contribution in [1.82, 2.24) is 0 Å². The van der Waals surface area contributed by atoms with Gasteiger partial charge in [0.1, 0.15) is 18.1 Å². The molecule has 1 aromatic carbocycles. The lowest BCUT2D eigenvalue weighted by molar-refractivity contribution is 0.0264. The number of phenols is 1. The first-order valence-corrected chi connectivity index (χ1v) is 5.31. The summed E-state index contributed by atoms with van der Waals surface area (Å²) >= 11 is 0. The lowest BCUT2D eigenvalue weighted by atomic mass is 10.2. The summed E-state index contributed by atoms with van der Waals surface area (Å²) in [6.07, 6.45) is 2.76. The molecule has 1 aromatic rings. The molecule has 0 bridgehead atoms. The Bertz CT molecular complexity index is 307. The molecular weight excluding hydrogens is 192 g/mol. The molecule has 1 heterocycles. The van der Waals surface area contributed by atoms with Crippen LogP contribution in [-0.4, -0.2) is 23.9 Å². The van der Waals surface area contributed by atoms with Crippen molar-refractivity contribution in [3.05, 3.63) is 24.3 Å². The van der Waals surface area contributed by atoms with E-state index in [2.05, 4.69) is 6.92 Å². The van der Waals surface area contributed by atoms with E-state index in [0.717, 1.165) is 18.6 Å². The van der Waals surface area contributed by atoms with Crippen molar-refractivity contribution < 1.29 is 14.6 Å². The third-order valence-electron chi connectivity index (χ3n) is 2.59. The number of aromatic hydroxyl groups is 1. The Kier molecular flexibility index (Phi) is 3.11. The van der Waals surface area contributed by atoms with Crippen molar-refractivity contribution in [2.24, 2.45) is 0 Å². The van der Waals surface area contributed by atoms with Gasteiger partial charge in [0.2, 0.25) is 0 Å². The van der Waals surface area contributed by atoms with Gasteiger partial charge in [-0.25, -0.2) is 0 Å². The van der Waals surface area contributed by atoms with Crippen molar-refractivity contribution >= 4 is 0 Å². The Hall–Kier alpha value is -1.22. The number of hydrogen-bond donors (Lipinski definition) is 1. The Morgan fingerprint density at radius 1 is 1.33 bits per heavy atom. The Morgan fingerprint density at radius 3 is 2.67 bits per heavy atom. The number of ether oxygens (including phenoxy) is 2. The van der Waals surface area contributed by atoms with Gasteiger partial charge in [0.05, 0.1) is 12.2 Å². The highest BCUT2D eigenvalue weighted by molar-refractivity contribution is 5.30. The smallest absolute Gasteiger partial charge is 0.119 e. The predicted octanol–water partition coefficient (Wildman–Crippen LogP) is 2.34. The zero-order valence-corrected chi connectivity index (χ0v) is 8.85. The van der Waals surface area contributed by atoms with Crippen molar-refractivity contribution in [1.29, 1.82) is 0 Å². The van der Waals surface area contributed by atoms with Crippen molar-refractivity contribution in [3.8, 4) is 11.5 Å². The molecule has 1 aliphatic rings. The highest BCUT2D eigenvalue weighted by Gasteiger charge is 2.21. The summed E-state index contributed by atoms with van der Waals surface area (Å²) in [5.41, 5.74) is 0. The molecule has 1 saturated heterocycles. The van der Waals surface area contributed by atoms with E-state index in [1.54, 1.807) is 24.3 Å². The molecule has 0 aromatic heterocycles.